The Morgan fingerprint density at radius 3 is 2.22 bits per heavy atom. The molecule has 0 spiro atoms. The Morgan fingerprint density at radius 2 is 1.74 bits per heavy atom. The second kappa shape index (κ2) is 8.31. The standard InChI is InChI=1S/C20H31BO6/c1-6-26-17(22)20(11-13-25-14-12-20)15-7-9-16(10-8-15)21(24)27-19(4,5)18(2,3)23/h7-10,23-24H,6,11-14H2,1-5H3. The van der Waals surface area contributed by atoms with Crippen molar-refractivity contribution >= 4 is 18.6 Å². The van der Waals surface area contributed by atoms with Crippen LogP contribution in [0.15, 0.2) is 24.3 Å². The normalized spacial score (nSPS) is 17.4. The van der Waals surface area contributed by atoms with Gasteiger partial charge in [-0.25, -0.2) is 0 Å². The van der Waals surface area contributed by atoms with E-state index in [2.05, 4.69) is 0 Å². The molecule has 0 bridgehead atoms. The first-order chi connectivity index (χ1) is 12.5. The zero-order valence-corrected chi connectivity index (χ0v) is 16.9. The van der Waals surface area contributed by atoms with Gasteiger partial charge in [0.2, 0.25) is 0 Å². The molecule has 0 unspecified atom stereocenters. The van der Waals surface area contributed by atoms with E-state index in [1.54, 1.807) is 46.8 Å². The first-order valence-electron chi connectivity index (χ1n) is 9.47. The third-order valence-corrected chi connectivity index (χ3v) is 5.64. The largest absolute Gasteiger partial charge is 0.491 e. The summed E-state index contributed by atoms with van der Waals surface area (Å²) in [7, 11) is -1.19. The zero-order valence-electron chi connectivity index (χ0n) is 16.9. The SMILES string of the molecule is CCOC(=O)C1(c2ccc(B(O)OC(C)(C)C(C)(C)O)cc2)CCOCC1. The van der Waals surface area contributed by atoms with E-state index in [0.717, 1.165) is 5.56 Å². The lowest BCUT2D eigenvalue weighted by atomic mass is 9.71. The molecule has 0 saturated carbocycles. The Bertz CT molecular complexity index is 629. The Kier molecular flexibility index (Phi) is 6.74. The molecule has 0 aliphatic carbocycles. The van der Waals surface area contributed by atoms with Crippen LogP contribution in [0, 0.1) is 0 Å². The lowest BCUT2D eigenvalue weighted by molar-refractivity contribution is -0.154. The van der Waals surface area contributed by atoms with Crippen molar-refractivity contribution in [3.05, 3.63) is 29.8 Å². The maximum Gasteiger partial charge on any atom is 0.491 e. The highest BCUT2D eigenvalue weighted by molar-refractivity contribution is 6.60. The molecule has 1 aromatic carbocycles. The number of hydrogen-bond acceptors (Lipinski definition) is 6. The van der Waals surface area contributed by atoms with Gasteiger partial charge in [-0.05, 0) is 58.5 Å². The lowest BCUT2D eigenvalue weighted by Crippen LogP contribution is -2.53. The first kappa shape index (κ1) is 21.9. The number of ether oxygens (including phenoxy) is 2. The second-order valence-corrected chi connectivity index (χ2v) is 8.08. The molecular weight excluding hydrogens is 347 g/mol. The van der Waals surface area contributed by atoms with E-state index in [4.69, 9.17) is 14.1 Å². The van der Waals surface area contributed by atoms with Crippen LogP contribution in [0.3, 0.4) is 0 Å². The molecule has 2 N–H and O–H groups in total. The fourth-order valence-corrected chi connectivity index (χ4v) is 3.06. The molecule has 2 rings (SSSR count). The van der Waals surface area contributed by atoms with Gasteiger partial charge in [-0.3, -0.25) is 4.79 Å². The zero-order chi connectivity index (χ0) is 20.3. The molecule has 7 heteroatoms. The molecule has 27 heavy (non-hydrogen) atoms. The van der Waals surface area contributed by atoms with Gasteiger partial charge < -0.3 is 24.3 Å². The molecule has 150 valence electrons. The number of carbonyl (C=O) groups is 1. The van der Waals surface area contributed by atoms with Crippen molar-refractivity contribution in [1.82, 2.24) is 0 Å². The highest BCUT2D eigenvalue weighted by Gasteiger charge is 2.43. The maximum absolute atomic E-state index is 12.7. The summed E-state index contributed by atoms with van der Waals surface area (Å²) in [5.74, 6) is -0.235. The fourth-order valence-electron chi connectivity index (χ4n) is 3.06. The van der Waals surface area contributed by atoms with Crippen molar-refractivity contribution in [3.63, 3.8) is 0 Å². The van der Waals surface area contributed by atoms with E-state index in [0.29, 0.717) is 38.1 Å². The topological polar surface area (TPSA) is 85.2 Å². The van der Waals surface area contributed by atoms with Crippen LogP contribution in [0.1, 0.15) is 53.0 Å². The Balaban J connectivity index is 2.23. The van der Waals surface area contributed by atoms with Crippen molar-refractivity contribution < 1.29 is 29.1 Å². The van der Waals surface area contributed by atoms with Crippen molar-refractivity contribution in [2.45, 2.75) is 64.1 Å². The van der Waals surface area contributed by atoms with Gasteiger partial charge in [-0.15, -0.1) is 0 Å². The Hall–Kier alpha value is -1.41. The van der Waals surface area contributed by atoms with Crippen molar-refractivity contribution in [2.75, 3.05) is 19.8 Å². The summed E-state index contributed by atoms with van der Waals surface area (Å²) in [6.45, 7) is 9.86. The van der Waals surface area contributed by atoms with Crippen LogP contribution in [0.25, 0.3) is 0 Å². The van der Waals surface area contributed by atoms with Gasteiger partial charge in [0.25, 0.3) is 0 Å². The molecule has 1 heterocycles. The van der Waals surface area contributed by atoms with Crippen molar-refractivity contribution in [2.24, 2.45) is 0 Å². The monoisotopic (exact) mass is 378 g/mol. The Labute approximate surface area is 162 Å². The lowest BCUT2D eigenvalue weighted by Gasteiger charge is -2.38. The first-order valence-corrected chi connectivity index (χ1v) is 9.47. The summed E-state index contributed by atoms with van der Waals surface area (Å²) < 4.78 is 16.4. The van der Waals surface area contributed by atoms with E-state index in [9.17, 15) is 14.9 Å². The van der Waals surface area contributed by atoms with Crippen molar-refractivity contribution in [3.8, 4) is 0 Å². The number of rotatable bonds is 7. The average Bonchev–Trinajstić information content (AvgIpc) is 2.61. The third kappa shape index (κ3) is 4.72. The average molecular weight is 378 g/mol. The van der Waals surface area contributed by atoms with Crippen LogP contribution >= 0.6 is 0 Å². The maximum atomic E-state index is 12.7. The van der Waals surface area contributed by atoms with Gasteiger partial charge in [-0.1, -0.05) is 24.3 Å². The molecule has 0 radical (unpaired) electrons. The molecule has 0 aromatic heterocycles. The summed E-state index contributed by atoms with van der Waals surface area (Å²) in [5.41, 5.74) is -1.38. The fraction of sp³-hybridized carbons (Fsp3) is 0.650. The summed E-state index contributed by atoms with van der Waals surface area (Å²) in [6.07, 6.45) is 1.13. The smallest absolute Gasteiger partial charge is 0.465 e. The predicted octanol–water partition coefficient (Wildman–Crippen LogP) is 1.55. The summed E-state index contributed by atoms with van der Waals surface area (Å²) in [6, 6.07) is 7.16. The molecule has 0 amide bonds. The van der Waals surface area contributed by atoms with Gasteiger partial charge >= 0.3 is 13.1 Å². The molecule has 6 nitrogen and oxygen atoms in total. The molecular formula is C20H31BO6. The van der Waals surface area contributed by atoms with E-state index >= 15 is 0 Å². The minimum absolute atomic E-state index is 0.235. The van der Waals surface area contributed by atoms with E-state index in [1.807, 2.05) is 12.1 Å². The van der Waals surface area contributed by atoms with Crippen LogP contribution in [0.4, 0.5) is 0 Å². The predicted molar refractivity (Wildman–Crippen MR) is 104 cm³/mol. The van der Waals surface area contributed by atoms with Crippen LogP contribution in [0.2, 0.25) is 0 Å². The summed E-state index contributed by atoms with van der Waals surface area (Å²) in [5, 5.41) is 20.6. The van der Waals surface area contributed by atoms with E-state index in [1.165, 1.54) is 0 Å². The molecule has 1 aliphatic rings. The minimum Gasteiger partial charge on any atom is -0.465 e. The van der Waals surface area contributed by atoms with Crippen LogP contribution in [0.5, 0.6) is 0 Å². The highest BCUT2D eigenvalue weighted by Crippen LogP contribution is 2.36. The van der Waals surface area contributed by atoms with E-state index < -0.39 is 23.7 Å². The van der Waals surface area contributed by atoms with Crippen molar-refractivity contribution in [1.29, 1.82) is 0 Å². The molecule has 0 atom stereocenters. The van der Waals surface area contributed by atoms with Gasteiger partial charge in [0.1, 0.15) is 0 Å². The highest BCUT2D eigenvalue weighted by atomic mass is 16.5. The van der Waals surface area contributed by atoms with Gasteiger partial charge in [0.05, 0.1) is 23.2 Å². The summed E-state index contributed by atoms with van der Waals surface area (Å²) in [4.78, 5) is 12.7. The number of hydrogen-bond donors (Lipinski definition) is 2. The molecule has 1 aromatic rings. The second-order valence-electron chi connectivity index (χ2n) is 8.08. The quantitative estimate of drug-likeness (QED) is 0.553. The number of benzene rings is 1. The molecule has 1 fully saturated rings. The number of aliphatic hydroxyl groups is 1. The third-order valence-electron chi connectivity index (χ3n) is 5.64. The summed E-state index contributed by atoms with van der Waals surface area (Å²) >= 11 is 0. The minimum atomic E-state index is -1.19. The molecule has 1 saturated heterocycles. The van der Waals surface area contributed by atoms with Crippen LogP contribution in [-0.4, -0.2) is 54.2 Å². The van der Waals surface area contributed by atoms with Gasteiger partial charge in [0, 0.05) is 13.2 Å². The van der Waals surface area contributed by atoms with E-state index in [-0.39, 0.29) is 5.97 Å². The van der Waals surface area contributed by atoms with Crippen LogP contribution in [-0.2, 0) is 24.3 Å². The van der Waals surface area contributed by atoms with Gasteiger partial charge in [-0.2, -0.15) is 0 Å². The van der Waals surface area contributed by atoms with Crippen LogP contribution < -0.4 is 5.46 Å². The van der Waals surface area contributed by atoms with Gasteiger partial charge in [0.15, 0.2) is 0 Å². The molecule has 1 aliphatic heterocycles. The number of esters is 1. The number of carbonyl (C=O) groups excluding carboxylic acids is 1. The Morgan fingerprint density at radius 1 is 1.19 bits per heavy atom.